The summed E-state index contributed by atoms with van der Waals surface area (Å²) in [5.41, 5.74) is 13.4. The number of rotatable bonds is 6. The number of alkyl halides is 3. The van der Waals surface area contributed by atoms with Gasteiger partial charge < -0.3 is 37.7 Å². The smallest absolute Gasteiger partial charge is 0.507 e. The number of ether oxygens (including phenoxy) is 1. The third-order valence-corrected chi connectivity index (χ3v) is 10.3. The molecule has 9 N–H and O–H groups in total. The Labute approximate surface area is 304 Å². The molecule has 15 nitrogen and oxygen atoms in total. The van der Waals surface area contributed by atoms with Gasteiger partial charge in [0.25, 0.3) is 0 Å². The van der Waals surface area contributed by atoms with Crippen molar-refractivity contribution < 1.29 is 51.8 Å². The minimum Gasteiger partial charge on any atom is -0.507 e. The normalized spacial score (nSPS) is 27.6. The highest BCUT2D eigenvalue weighted by Crippen LogP contribution is 2.57. The van der Waals surface area contributed by atoms with Crippen LogP contribution in [0.5, 0.6) is 11.5 Å². The van der Waals surface area contributed by atoms with Crippen LogP contribution in [0, 0.1) is 28.6 Å². The summed E-state index contributed by atoms with van der Waals surface area (Å²) in [4.78, 5) is 82.6. The molecule has 0 bridgehead atoms. The van der Waals surface area contributed by atoms with E-state index in [4.69, 9.17) is 17.2 Å². The van der Waals surface area contributed by atoms with Gasteiger partial charge in [-0.05, 0) is 86.1 Å². The first-order chi connectivity index (χ1) is 25.2. The number of fused-ring (bicyclic) bond motifs is 3. The van der Waals surface area contributed by atoms with Gasteiger partial charge in [-0.3, -0.25) is 28.9 Å². The number of carbonyl (C=O) groups excluding carboxylic acids is 6. The Morgan fingerprint density at radius 3 is 2.04 bits per heavy atom. The number of nitrogens with zero attached hydrogens (tertiary/aromatic N) is 2. The summed E-state index contributed by atoms with van der Waals surface area (Å²) in [6.45, 7) is 0. The van der Waals surface area contributed by atoms with E-state index in [1.807, 2.05) is 0 Å². The number of hydrogen-bond acceptors (Lipinski definition) is 12. The average Bonchev–Trinajstić information content (AvgIpc) is 3.04. The number of nitrogens with one attached hydrogen (secondary N) is 2. The van der Waals surface area contributed by atoms with Crippen molar-refractivity contribution in [2.45, 2.75) is 36.3 Å². The third kappa shape index (κ3) is 5.73. The van der Waals surface area contributed by atoms with E-state index in [-0.39, 0.29) is 23.2 Å². The fourth-order valence-corrected chi connectivity index (χ4v) is 8.24. The minimum atomic E-state index is -4.87. The molecule has 0 saturated heterocycles. The third-order valence-electron chi connectivity index (χ3n) is 10.3. The summed E-state index contributed by atoms with van der Waals surface area (Å²) in [5, 5.41) is 26.5. The molecule has 3 aromatic carbocycles. The summed E-state index contributed by atoms with van der Waals surface area (Å²) in [6.07, 6.45) is -5.74. The number of benzene rings is 3. The first-order valence-electron chi connectivity index (χ1n) is 16.2. The number of carbonyl (C=O) groups is 6. The lowest BCUT2D eigenvalue weighted by atomic mass is 9.42. The number of hydrogen-bond donors (Lipinski definition) is 6. The highest BCUT2D eigenvalue weighted by molar-refractivity contribution is 6.33. The SMILES string of the molecule is CN(C)[C@@H]1C(=O)C(C(N)=O)C(=O)[C@@]2(C#N)C(=O)C3C(=O)c4c(O)ccc(-c5ccc(NC(=O)Nc6ccc(OC(F)(F)F)cc6)cc5)c4C[C@@]3(N)C[C@@]12N. The standard InChI is InChI=1S/C36H32F3N7O8/c1-46(2)28-27(49)24(31(41)52)29(50)34(15-40)30(51)25-26(48)23-21(13-33(25,42)14-35(28,34)43)20(11-12-22(23)47)16-3-5-17(6-4-16)44-32(53)45-18-7-9-19(10-8-18)54-36(37,38)39/h3-12,24-25,28,47H,13-14,42-43H2,1-2H3,(H2,41,52)(H2,44,45,53)/t24?,25?,28-,33-,34+,35-/m1/s1. The van der Waals surface area contributed by atoms with Gasteiger partial charge in [0.2, 0.25) is 5.91 Å². The van der Waals surface area contributed by atoms with Gasteiger partial charge in [0.15, 0.2) is 34.5 Å². The summed E-state index contributed by atoms with van der Waals surface area (Å²) in [7, 11) is 2.81. The van der Waals surface area contributed by atoms with Crippen molar-refractivity contribution in [1.82, 2.24) is 4.90 Å². The number of amides is 3. The molecule has 0 aromatic heterocycles. The van der Waals surface area contributed by atoms with Crippen LogP contribution in [0.2, 0.25) is 0 Å². The van der Waals surface area contributed by atoms with Gasteiger partial charge in [-0.15, -0.1) is 13.2 Å². The summed E-state index contributed by atoms with van der Waals surface area (Å²) < 4.78 is 41.1. The number of likely N-dealkylation sites (N-methyl/N-ethyl adjacent to an activating group) is 1. The molecule has 2 unspecified atom stereocenters. The number of anilines is 2. The highest BCUT2D eigenvalue weighted by atomic mass is 19.4. The Morgan fingerprint density at radius 2 is 1.52 bits per heavy atom. The van der Waals surface area contributed by atoms with Crippen LogP contribution >= 0.6 is 0 Å². The van der Waals surface area contributed by atoms with Gasteiger partial charge in [0, 0.05) is 16.9 Å². The Kier molecular flexibility index (Phi) is 8.88. The molecule has 2 fully saturated rings. The molecule has 18 heteroatoms. The molecule has 3 amide bonds. The van der Waals surface area contributed by atoms with E-state index in [0.717, 1.165) is 12.1 Å². The van der Waals surface area contributed by atoms with Crippen molar-refractivity contribution in [3.63, 3.8) is 0 Å². The molecule has 6 atom stereocenters. The van der Waals surface area contributed by atoms with Gasteiger partial charge in [-0.2, -0.15) is 5.26 Å². The maximum atomic E-state index is 14.5. The van der Waals surface area contributed by atoms with Gasteiger partial charge >= 0.3 is 12.4 Å². The zero-order chi connectivity index (χ0) is 39.7. The van der Waals surface area contributed by atoms with E-state index in [1.165, 1.54) is 55.4 Å². The van der Waals surface area contributed by atoms with Gasteiger partial charge in [-0.25, -0.2) is 4.79 Å². The quantitative estimate of drug-likeness (QED) is 0.198. The summed E-state index contributed by atoms with van der Waals surface area (Å²) in [6, 6.07) is 12.8. The second kappa shape index (κ2) is 12.8. The topological polar surface area (TPSA) is 261 Å². The average molecular weight is 748 g/mol. The number of phenols is 1. The molecule has 0 radical (unpaired) electrons. The van der Waals surface area contributed by atoms with Gasteiger partial charge in [0.05, 0.1) is 23.2 Å². The van der Waals surface area contributed by atoms with Crippen LogP contribution in [0.4, 0.5) is 29.3 Å². The Morgan fingerprint density at radius 1 is 0.944 bits per heavy atom. The number of nitriles is 1. The first kappa shape index (κ1) is 37.6. The van der Waals surface area contributed by atoms with E-state index < -0.39 is 93.7 Å². The maximum Gasteiger partial charge on any atom is 0.573 e. The van der Waals surface area contributed by atoms with Crippen LogP contribution in [0.1, 0.15) is 22.3 Å². The number of aromatic hydroxyl groups is 1. The molecular formula is C36H32F3N7O8. The molecular weight excluding hydrogens is 715 g/mol. The second-order valence-electron chi connectivity index (χ2n) is 13.8. The molecule has 0 spiro atoms. The monoisotopic (exact) mass is 747 g/mol. The molecule has 3 aliphatic carbocycles. The maximum absolute atomic E-state index is 14.5. The van der Waals surface area contributed by atoms with Crippen molar-refractivity contribution in [1.29, 1.82) is 5.26 Å². The number of primary amides is 1. The zero-order valence-corrected chi connectivity index (χ0v) is 28.5. The Hall–Kier alpha value is -6.16. The van der Waals surface area contributed by atoms with Gasteiger partial charge in [0.1, 0.15) is 17.4 Å². The largest absolute Gasteiger partial charge is 0.573 e. The van der Waals surface area contributed by atoms with E-state index in [1.54, 1.807) is 18.2 Å². The molecule has 0 aliphatic heterocycles. The van der Waals surface area contributed by atoms with E-state index in [2.05, 4.69) is 15.4 Å². The number of nitrogens with two attached hydrogens (primary N) is 3. The minimum absolute atomic E-state index is 0.173. The van der Waals surface area contributed by atoms with Crippen LogP contribution < -0.4 is 32.6 Å². The van der Waals surface area contributed by atoms with Crippen molar-refractivity contribution in [3.8, 4) is 28.7 Å². The Balaban J connectivity index is 1.32. The van der Waals surface area contributed by atoms with E-state index in [0.29, 0.717) is 16.8 Å². The molecule has 0 heterocycles. The highest BCUT2D eigenvalue weighted by Gasteiger charge is 2.78. The Bertz CT molecular complexity index is 2190. The lowest BCUT2D eigenvalue weighted by molar-refractivity contribution is -0.274. The first-order valence-corrected chi connectivity index (χ1v) is 16.2. The molecule has 54 heavy (non-hydrogen) atoms. The van der Waals surface area contributed by atoms with Crippen molar-refractivity contribution >= 4 is 46.4 Å². The summed E-state index contributed by atoms with van der Waals surface area (Å²) in [5.74, 6) is -11.2. The van der Waals surface area contributed by atoms with Crippen LogP contribution in [-0.2, 0) is 25.6 Å². The van der Waals surface area contributed by atoms with Crippen molar-refractivity contribution in [2.75, 3.05) is 24.7 Å². The molecule has 2 saturated carbocycles. The van der Waals surface area contributed by atoms with Crippen LogP contribution in [-0.4, -0.2) is 82.7 Å². The fourth-order valence-electron chi connectivity index (χ4n) is 8.24. The lowest BCUT2D eigenvalue weighted by Crippen LogP contribution is -2.85. The zero-order valence-electron chi connectivity index (χ0n) is 28.5. The number of phenolic OH excluding ortho intramolecular Hbond substituents is 1. The molecule has 3 aliphatic rings. The number of halogens is 3. The lowest BCUT2D eigenvalue weighted by Gasteiger charge is -2.60. The van der Waals surface area contributed by atoms with E-state index >= 15 is 0 Å². The predicted octanol–water partition coefficient (Wildman–Crippen LogP) is 2.02. The second-order valence-corrected chi connectivity index (χ2v) is 13.8. The van der Waals surface area contributed by atoms with Crippen LogP contribution in [0.3, 0.4) is 0 Å². The fraction of sp³-hybridized carbons (Fsp3) is 0.306. The molecule has 280 valence electrons. The summed E-state index contributed by atoms with van der Waals surface area (Å²) >= 11 is 0. The predicted molar refractivity (Wildman–Crippen MR) is 183 cm³/mol. The van der Waals surface area contributed by atoms with Crippen molar-refractivity contribution in [2.24, 2.45) is 34.5 Å². The number of ketones is 4. The number of Topliss-reactive ketones (excluding diaryl/α,β-unsaturated/α-hetero) is 4. The van der Waals surface area contributed by atoms with Crippen LogP contribution in [0.25, 0.3) is 11.1 Å². The van der Waals surface area contributed by atoms with Crippen LogP contribution in [0.15, 0.2) is 60.7 Å². The molecule has 6 rings (SSSR count). The molecule has 3 aromatic rings. The van der Waals surface area contributed by atoms with Gasteiger partial charge in [-0.1, -0.05) is 18.2 Å². The van der Waals surface area contributed by atoms with Crippen molar-refractivity contribution in [3.05, 3.63) is 71.8 Å². The number of urea groups is 1. The van der Waals surface area contributed by atoms with E-state index in [9.17, 15) is 52.3 Å².